The molecule has 24 heavy (non-hydrogen) atoms. The van der Waals surface area contributed by atoms with E-state index in [0.717, 1.165) is 28.7 Å². The summed E-state index contributed by atoms with van der Waals surface area (Å²) in [5.74, 6) is -0.0806. The molecule has 0 radical (unpaired) electrons. The molecule has 2 aromatic carbocycles. The van der Waals surface area contributed by atoms with E-state index in [0.29, 0.717) is 12.1 Å². The number of nitrogens with one attached hydrogen (secondary N) is 1. The molecule has 0 aliphatic carbocycles. The molecular weight excluding hydrogens is 368 g/mol. The van der Waals surface area contributed by atoms with Crippen LogP contribution in [-0.4, -0.2) is 18.4 Å². The lowest BCUT2D eigenvalue weighted by atomic mass is 10.2. The highest BCUT2D eigenvalue weighted by Gasteiger charge is 2.21. The zero-order valence-electron chi connectivity index (χ0n) is 13.0. The van der Waals surface area contributed by atoms with Crippen LogP contribution in [0.25, 0.3) is 6.08 Å². The monoisotopic (exact) mass is 384 g/mol. The maximum atomic E-state index is 12.1. The average Bonchev–Trinajstić information content (AvgIpc) is 3.00. The number of hydrogen-bond acceptors (Lipinski definition) is 2. The molecule has 0 saturated carbocycles. The van der Waals surface area contributed by atoms with Gasteiger partial charge in [-0.3, -0.25) is 9.59 Å². The first kappa shape index (κ1) is 16.5. The molecular formula is C19H17BrN2O2. The molecule has 0 aromatic heterocycles. The van der Waals surface area contributed by atoms with Gasteiger partial charge >= 0.3 is 0 Å². The summed E-state index contributed by atoms with van der Waals surface area (Å²) in [7, 11) is 0. The predicted molar refractivity (Wildman–Crippen MR) is 99.8 cm³/mol. The van der Waals surface area contributed by atoms with Crippen molar-refractivity contribution in [2.75, 3.05) is 16.8 Å². The smallest absolute Gasteiger partial charge is 0.248 e. The topological polar surface area (TPSA) is 49.4 Å². The Morgan fingerprint density at radius 3 is 2.75 bits per heavy atom. The Morgan fingerprint density at radius 2 is 2.00 bits per heavy atom. The molecule has 4 nitrogen and oxygen atoms in total. The molecule has 1 fully saturated rings. The molecule has 2 aromatic rings. The first-order chi connectivity index (χ1) is 11.6. The predicted octanol–water partition coefficient (Wildman–Crippen LogP) is 4.23. The molecule has 122 valence electrons. The van der Waals surface area contributed by atoms with Crippen molar-refractivity contribution in [2.24, 2.45) is 0 Å². The molecule has 5 heteroatoms. The number of nitrogens with zero attached hydrogens (tertiary/aromatic N) is 1. The van der Waals surface area contributed by atoms with Crippen LogP contribution in [0.1, 0.15) is 18.4 Å². The van der Waals surface area contributed by atoms with E-state index in [2.05, 4.69) is 21.2 Å². The number of halogens is 1. The highest BCUT2D eigenvalue weighted by molar-refractivity contribution is 9.10. The first-order valence-electron chi connectivity index (χ1n) is 7.77. The van der Waals surface area contributed by atoms with Gasteiger partial charge in [0, 0.05) is 34.9 Å². The van der Waals surface area contributed by atoms with Gasteiger partial charge in [0.15, 0.2) is 0 Å². The minimum atomic E-state index is -0.212. The van der Waals surface area contributed by atoms with Crippen molar-refractivity contribution in [3.8, 4) is 0 Å². The fourth-order valence-electron chi connectivity index (χ4n) is 2.63. The number of carbonyl (C=O) groups is 2. The minimum Gasteiger partial charge on any atom is -0.322 e. The van der Waals surface area contributed by atoms with Gasteiger partial charge in [0.25, 0.3) is 0 Å². The van der Waals surface area contributed by atoms with E-state index in [1.807, 2.05) is 48.5 Å². The van der Waals surface area contributed by atoms with Crippen LogP contribution in [0.2, 0.25) is 0 Å². The molecule has 1 aliphatic rings. The van der Waals surface area contributed by atoms with Crippen LogP contribution in [0, 0.1) is 0 Å². The summed E-state index contributed by atoms with van der Waals surface area (Å²) in [6, 6.07) is 15.1. The maximum absolute atomic E-state index is 12.1. The molecule has 0 unspecified atom stereocenters. The summed E-state index contributed by atoms with van der Waals surface area (Å²) in [6.07, 6.45) is 4.72. The summed E-state index contributed by atoms with van der Waals surface area (Å²) in [6.45, 7) is 0.734. The number of hydrogen-bond donors (Lipinski definition) is 1. The van der Waals surface area contributed by atoms with E-state index < -0.39 is 0 Å². The Hall–Kier alpha value is -2.40. The van der Waals surface area contributed by atoms with Crippen LogP contribution in [0.15, 0.2) is 59.1 Å². The molecule has 1 N–H and O–H groups in total. The molecule has 1 saturated heterocycles. The van der Waals surface area contributed by atoms with Gasteiger partial charge in [-0.2, -0.15) is 0 Å². The molecule has 2 amide bonds. The lowest BCUT2D eigenvalue weighted by molar-refractivity contribution is -0.117. The van der Waals surface area contributed by atoms with E-state index in [4.69, 9.17) is 0 Å². The zero-order valence-corrected chi connectivity index (χ0v) is 14.6. The lowest BCUT2D eigenvalue weighted by Crippen LogP contribution is -2.23. The van der Waals surface area contributed by atoms with Crippen LogP contribution < -0.4 is 10.2 Å². The SMILES string of the molecule is O=C(C=Cc1ccccc1Br)Nc1cccc(N2CCCC2=O)c1. The molecule has 1 aliphatic heterocycles. The van der Waals surface area contributed by atoms with Gasteiger partial charge < -0.3 is 10.2 Å². The van der Waals surface area contributed by atoms with Gasteiger partial charge in [0.05, 0.1) is 0 Å². The third-order valence-electron chi connectivity index (χ3n) is 3.82. The van der Waals surface area contributed by atoms with Crippen molar-refractivity contribution >= 4 is 45.2 Å². The highest BCUT2D eigenvalue weighted by atomic mass is 79.9. The number of amides is 2. The second-order valence-electron chi connectivity index (χ2n) is 5.54. The molecule has 1 heterocycles. The number of benzene rings is 2. The molecule has 3 rings (SSSR count). The molecule has 0 bridgehead atoms. The quantitative estimate of drug-likeness (QED) is 0.801. The number of carbonyl (C=O) groups excluding carboxylic acids is 2. The van der Waals surface area contributed by atoms with Gasteiger partial charge in [0.1, 0.15) is 0 Å². The summed E-state index contributed by atoms with van der Waals surface area (Å²) >= 11 is 3.45. The first-order valence-corrected chi connectivity index (χ1v) is 8.57. The van der Waals surface area contributed by atoms with E-state index in [9.17, 15) is 9.59 Å². The van der Waals surface area contributed by atoms with Gasteiger partial charge in [-0.15, -0.1) is 0 Å². The van der Waals surface area contributed by atoms with Crippen molar-refractivity contribution < 1.29 is 9.59 Å². The van der Waals surface area contributed by atoms with Crippen LogP contribution in [-0.2, 0) is 9.59 Å². The average molecular weight is 385 g/mol. The summed E-state index contributed by atoms with van der Waals surface area (Å²) in [5.41, 5.74) is 2.43. The van der Waals surface area contributed by atoms with E-state index >= 15 is 0 Å². The number of rotatable bonds is 4. The Kier molecular flexibility index (Phi) is 5.11. The van der Waals surface area contributed by atoms with Gasteiger partial charge in [-0.25, -0.2) is 0 Å². The van der Waals surface area contributed by atoms with E-state index in [-0.39, 0.29) is 11.8 Å². The van der Waals surface area contributed by atoms with Gasteiger partial charge in [-0.1, -0.05) is 40.2 Å². The fraction of sp³-hybridized carbons (Fsp3) is 0.158. The zero-order chi connectivity index (χ0) is 16.9. The lowest BCUT2D eigenvalue weighted by Gasteiger charge is -2.16. The van der Waals surface area contributed by atoms with Crippen LogP contribution >= 0.6 is 15.9 Å². The second kappa shape index (κ2) is 7.45. The van der Waals surface area contributed by atoms with Crippen LogP contribution in [0.5, 0.6) is 0 Å². The Labute approximate surface area is 149 Å². The van der Waals surface area contributed by atoms with Crippen molar-refractivity contribution in [1.82, 2.24) is 0 Å². The summed E-state index contributed by atoms with van der Waals surface area (Å²) < 4.78 is 0.934. The van der Waals surface area contributed by atoms with Crippen molar-refractivity contribution in [1.29, 1.82) is 0 Å². The standard InChI is InChI=1S/C19H17BrN2O2/c20-17-8-2-1-5-14(17)10-11-18(23)21-15-6-3-7-16(13-15)22-12-4-9-19(22)24/h1-3,5-8,10-11,13H,4,9,12H2,(H,21,23). The Morgan fingerprint density at radius 1 is 1.17 bits per heavy atom. The Balaban J connectivity index is 1.68. The minimum absolute atomic E-state index is 0.132. The van der Waals surface area contributed by atoms with Crippen LogP contribution in [0.3, 0.4) is 0 Å². The van der Waals surface area contributed by atoms with Crippen molar-refractivity contribution in [3.05, 3.63) is 64.6 Å². The fourth-order valence-corrected chi connectivity index (χ4v) is 3.05. The maximum Gasteiger partial charge on any atom is 0.248 e. The van der Waals surface area contributed by atoms with E-state index in [1.165, 1.54) is 6.08 Å². The highest BCUT2D eigenvalue weighted by Crippen LogP contribution is 2.24. The third-order valence-corrected chi connectivity index (χ3v) is 4.54. The van der Waals surface area contributed by atoms with Crippen molar-refractivity contribution in [2.45, 2.75) is 12.8 Å². The van der Waals surface area contributed by atoms with Crippen molar-refractivity contribution in [3.63, 3.8) is 0 Å². The second-order valence-corrected chi connectivity index (χ2v) is 6.40. The summed E-state index contributed by atoms with van der Waals surface area (Å²) in [4.78, 5) is 25.7. The third kappa shape index (κ3) is 3.92. The summed E-state index contributed by atoms with van der Waals surface area (Å²) in [5, 5.41) is 2.83. The van der Waals surface area contributed by atoms with Crippen LogP contribution in [0.4, 0.5) is 11.4 Å². The molecule has 0 atom stereocenters. The molecule has 0 spiro atoms. The van der Waals surface area contributed by atoms with Gasteiger partial charge in [-0.05, 0) is 42.3 Å². The largest absolute Gasteiger partial charge is 0.322 e. The number of anilines is 2. The van der Waals surface area contributed by atoms with Gasteiger partial charge in [0.2, 0.25) is 11.8 Å². The Bertz CT molecular complexity index is 801. The normalized spacial score (nSPS) is 14.4. The van der Waals surface area contributed by atoms with E-state index in [1.54, 1.807) is 11.0 Å².